The summed E-state index contributed by atoms with van der Waals surface area (Å²) in [6.07, 6.45) is -2.53. The minimum atomic E-state index is -5.38. The summed E-state index contributed by atoms with van der Waals surface area (Å²) < 4.78 is 105. The van der Waals surface area contributed by atoms with Crippen LogP contribution in [0.15, 0.2) is 18.6 Å². The number of benzene rings is 1. The van der Waals surface area contributed by atoms with Crippen LogP contribution in [0.4, 0.5) is 40.9 Å². The zero-order valence-electron chi connectivity index (χ0n) is 10.7. The summed E-state index contributed by atoms with van der Waals surface area (Å²) in [5, 5.41) is 1.56. The van der Waals surface area contributed by atoms with E-state index in [9.17, 15) is 35.1 Å². The highest BCUT2D eigenvalue weighted by molar-refractivity contribution is 5.39. The number of hydrogen-bond donors (Lipinski definition) is 1. The molecule has 0 aliphatic rings. The van der Waals surface area contributed by atoms with Gasteiger partial charge in [0.05, 0.1) is 11.8 Å². The molecule has 1 heterocycles. The Morgan fingerprint density at radius 3 is 1.78 bits per heavy atom. The number of nitrogens with zero attached hydrogens (tertiary/aromatic N) is 2. The van der Waals surface area contributed by atoms with Crippen molar-refractivity contribution in [1.29, 1.82) is 0 Å². The Balaban J connectivity index is 2.62. The van der Waals surface area contributed by atoms with Crippen molar-refractivity contribution in [2.24, 2.45) is 0 Å². The molecule has 2 aromatic rings. The molecule has 11 heteroatoms. The van der Waals surface area contributed by atoms with E-state index in [2.05, 4.69) is 9.97 Å². The molecular weight excluding hydrogens is 338 g/mol. The minimum absolute atomic E-state index is 0.571. The molecule has 0 radical (unpaired) electrons. The van der Waals surface area contributed by atoms with Gasteiger partial charge < -0.3 is 5.32 Å². The summed E-state index contributed by atoms with van der Waals surface area (Å²) in [6, 6.07) is -3.22. The first kappa shape index (κ1) is 16.9. The largest absolute Gasteiger partial charge is 0.413 e. The molecule has 0 aliphatic carbocycles. The van der Waals surface area contributed by atoms with Crippen molar-refractivity contribution >= 4 is 5.82 Å². The monoisotopic (exact) mass is 343 g/mol. The lowest BCUT2D eigenvalue weighted by Crippen LogP contribution is -2.31. The Morgan fingerprint density at radius 1 is 0.826 bits per heavy atom. The highest BCUT2D eigenvalue weighted by Crippen LogP contribution is 2.39. The second-order valence-electron chi connectivity index (χ2n) is 4.19. The zero-order valence-corrected chi connectivity index (χ0v) is 10.7. The summed E-state index contributed by atoms with van der Waals surface area (Å²) in [5.41, 5.74) is -2.06. The van der Waals surface area contributed by atoms with Crippen LogP contribution < -0.4 is 5.32 Å². The molecule has 124 valence electrons. The smallest absolute Gasteiger partial charge is 0.354 e. The summed E-state index contributed by atoms with van der Waals surface area (Å²) in [4.78, 5) is 6.82. The van der Waals surface area contributed by atoms with Crippen LogP contribution in [0.1, 0.15) is 11.6 Å². The van der Waals surface area contributed by atoms with Crippen molar-refractivity contribution in [3.05, 3.63) is 53.2 Å². The van der Waals surface area contributed by atoms with Gasteiger partial charge in [0.25, 0.3) is 0 Å². The Bertz CT molecular complexity index is 687. The number of rotatable bonds is 3. The molecule has 0 bridgehead atoms. The number of nitrogens with one attached hydrogen (secondary N) is 1. The first-order valence-electron chi connectivity index (χ1n) is 5.75. The Kier molecular flexibility index (Phi) is 4.39. The summed E-state index contributed by atoms with van der Waals surface area (Å²) in [5.74, 6) is -13.2. The van der Waals surface area contributed by atoms with Crippen LogP contribution in [-0.2, 0) is 0 Å². The molecule has 1 atom stereocenters. The quantitative estimate of drug-likeness (QED) is 0.522. The topological polar surface area (TPSA) is 37.8 Å². The Labute approximate surface area is 123 Å². The van der Waals surface area contributed by atoms with Gasteiger partial charge in [0, 0.05) is 12.4 Å². The van der Waals surface area contributed by atoms with E-state index in [1.807, 2.05) is 0 Å². The third kappa shape index (κ3) is 3.17. The maximum absolute atomic E-state index is 13.6. The predicted molar refractivity (Wildman–Crippen MR) is 60.7 cm³/mol. The van der Waals surface area contributed by atoms with Gasteiger partial charge in [0.2, 0.25) is 5.82 Å². The van der Waals surface area contributed by atoms with E-state index >= 15 is 0 Å². The fourth-order valence-electron chi connectivity index (χ4n) is 1.71. The van der Waals surface area contributed by atoms with Gasteiger partial charge in [-0.15, -0.1) is 0 Å². The molecule has 2 rings (SSSR count). The lowest BCUT2D eigenvalue weighted by molar-refractivity contribution is -0.145. The van der Waals surface area contributed by atoms with Crippen molar-refractivity contribution in [3.63, 3.8) is 0 Å². The lowest BCUT2D eigenvalue weighted by atomic mass is 10.0. The van der Waals surface area contributed by atoms with Crippen molar-refractivity contribution in [2.45, 2.75) is 12.2 Å². The van der Waals surface area contributed by atoms with E-state index in [-0.39, 0.29) is 0 Å². The lowest BCUT2D eigenvalue weighted by Gasteiger charge is -2.23. The Hall–Kier alpha value is -2.46. The van der Waals surface area contributed by atoms with E-state index in [0.29, 0.717) is 0 Å². The number of aromatic nitrogens is 2. The maximum Gasteiger partial charge on any atom is 0.413 e. The minimum Gasteiger partial charge on any atom is -0.354 e. The fraction of sp³-hybridized carbons (Fsp3) is 0.167. The van der Waals surface area contributed by atoms with Crippen molar-refractivity contribution < 1.29 is 35.1 Å². The highest BCUT2D eigenvalue weighted by Gasteiger charge is 2.46. The fourth-order valence-corrected chi connectivity index (χ4v) is 1.71. The molecule has 3 nitrogen and oxygen atoms in total. The van der Waals surface area contributed by atoms with Crippen LogP contribution in [0.5, 0.6) is 0 Å². The zero-order chi connectivity index (χ0) is 17.4. The van der Waals surface area contributed by atoms with Crippen molar-refractivity contribution in [2.75, 3.05) is 5.32 Å². The third-order valence-corrected chi connectivity index (χ3v) is 2.72. The molecule has 0 fully saturated rings. The van der Waals surface area contributed by atoms with Crippen molar-refractivity contribution in [3.8, 4) is 0 Å². The average Bonchev–Trinajstić information content (AvgIpc) is 2.50. The molecule has 0 amide bonds. The van der Waals surface area contributed by atoms with Gasteiger partial charge >= 0.3 is 6.18 Å². The number of alkyl halides is 3. The molecule has 1 aromatic heterocycles. The van der Waals surface area contributed by atoms with Crippen LogP contribution in [0.3, 0.4) is 0 Å². The second kappa shape index (κ2) is 5.97. The first-order valence-corrected chi connectivity index (χ1v) is 5.75. The first-order chi connectivity index (χ1) is 10.6. The van der Waals surface area contributed by atoms with Gasteiger partial charge in [0.1, 0.15) is 5.82 Å². The van der Waals surface area contributed by atoms with Crippen LogP contribution in [0, 0.1) is 29.1 Å². The standard InChI is InChI=1S/C12H5F8N3/c13-6-5(7(14)9(16)10(17)8(6)15)11(12(18,19)20)23-4-3-21-1-2-22-4/h1-3,11H,(H,22,23). The van der Waals surface area contributed by atoms with Crippen LogP contribution in [0.2, 0.25) is 0 Å². The van der Waals surface area contributed by atoms with E-state index in [1.54, 1.807) is 5.32 Å². The van der Waals surface area contributed by atoms with Crippen LogP contribution in [0.25, 0.3) is 0 Å². The molecule has 1 unspecified atom stereocenters. The highest BCUT2D eigenvalue weighted by atomic mass is 19.4. The van der Waals surface area contributed by atoms with Gasteiger partial charge in [-0.1, -0.05) is 0 Å². The van der Waals surface area contributed by atoms with Crippen molar-refractivity contribution in [1.82, 2.24) is 9.97 Å². The maximum atomic E-state index is 13.6. The number of hydrogen-bond acceptors (Lipinski definition) is 3. The van der Waals surface area contributed by atoms with Gasteiger partial charge in [-0.2, -0.15) is 13.2 Å². The second-order valence-corrected chi connectivity index (χ2v) is 4.19. The van der Waals surface area contributed by atoms with E-state index < -0.39 is 52.7 Å². The molecule has 0 saturated carbocycles. The summed E-state index contributed by atoms with van der Waals surface area (Å²) in [6.45, 7) is 0. The van der Waals surface area contributed by atoms with Gasteiger partial charge in [0.15, 0.2) is 29.3 Å². The SMILES string of the molecule is Fc1c(F)c(F)c(C(Nc2cnccn2)C(F)(F)F)c(F)c1F. The molecule has 0 saturated heterocycles. The molecule has 1 aromatic carbocycles. The van der Waals surface area contributed by atoms with E-state index in [4.69, 9.17) is 0 Å². The molecule has 1 N–H and O–H groups in total. The Morgan fingerprint density at radius 2 is 1.35 bits per heavy atom. The molecule has 0 aliphatic heterocycles. The average molecular weight is 343 g/mol. The number of halogens is 8. The third-order valence-electron chi connectivity index (χ3n) is 2.72. The summed E-state index contributed by atoms with van der Waals surface area (Å²) in [7, 11) is 0. The summed E-state index contributed by atoms with van der Waals surface area (Å²) >= 11 is 0. The van der Waals surface area contributed by atoms with Gasteiger partial charge in [-0.25, -0.2) is 26.9 Å². The normalized spacial score (nSPS) is 13.0. The molecular formula is C12H5F8N3. The molecule has 0 spiro atoms. The van der Waals surface area contributed by atoms with Crippen LogP contribution in [-0.4, -0.2) is 16.1 Å². The molecule has 23 heavy (non-hydrogen) atoms. The van der Waals surface area contributed by atoms with E-state index in [1.165, 1.54) is 0 Å². The van der Waals surface area contributed by atoms with E-state index in [0.717, 1.165) is 18.6 Å². The van der Waals surface area contributed by atoms with Gasteiger partial charge in [-0.05, 0) is 0 Å². The predicted octanol–water partition coefficient (Wildman–Crippen LogP) is 3.89. The number of anilines is 1. The van der Waals surface area contributed by atoms with Crippen LogP contribution >= 0.6 is 0 Å². The van der Waals surface area contributed by atoms with Gasteiger partial charge in [-0.3, -0.25) is 4.98 Å².